The van der Waals surface area contributed by atoms with Crippen molar-refractivity contribution in [2.45, 2.75) is 13.8 Å². The molecule has 0 unspecified atom stereocenters. The van der Waals surface area contributed by atoms with Crippen molar-refractivity contribution in [3.8, 4) is 5.75 Å². The van der Waals surface area contributed by atoms with E-state index in [1.165, 1.54) is 16.7 Å². The Labute approximate surface area is 72.7 Å². The molecule has 0 saturated carbocycles. The second-order valence-electron chi connectivity index (χ2n) is 3.16. The summed E-state index contributed by atoms with van der Waals surface area (Å²) in [6.45, 7) is 4.89. The van der Waals surface area contributed by atoms with Gasteiger partial charge in [-0.1, -0.05) is 18.2 Å². The van der Waals surface area contributed by atoms with Gasteiger partial charge in [-0.2, -0.15) is 0 Å². The summed E-state index contributed by atoms with van der Waals surface area (Å²) in [5, 5.41) is 0. The first kappa shape index (κ1) is 7.41. The topological polar surface area (TPSA) is 9.23 Å². The zero-order valence-electron chi connectivity index (χ0n) is 7.42. The van der Waals surface area contributed by atoms with Gasteiger partial charge in [0.25, 0.3) is 0 Å². The lowest BCUT2D eigenvalue weighted by atomic mass is 10.0. The van der Waals surface area contributed by atoms with Crippen LogP contribution >= 0.6 is 0 Å². The normalized spacial score (nSPS) is 13.8. The molecule has 2 rings (SSSR count). The predicted molar refractivity (Wildman–Crippen MR) is 50.4 cm³/mol. The number of fused-ring (bicyclic) bond motifs is 1. The number of benzene rings is 1. The number of aryl methyl sites for hydroxylation is 2. The second kappa shape index (κ2) is 2.67. The van der Waals surface area contributed by atoms with E-state index in [0.29, 0.717) is 6.61 Å². The van der Waals surface area contributed by atoms with Gasteiger partial charge in [0.1, 0.15) is 12.4 Å². The zero-order valence-corrected chi connectivity index (χ0v) is 7.42. The molecule has 0 saturated heterocycles. The molecular formula is C11H12O. The van der Waals surface area contributed by atoms with E-state index in [0.717, 1.165) is 5.75 Å². The van der Waals surface area contributed by atoms with Crippen molar-refractivity contribution < 1.29 is 4.74 Å². The van der Waals surface area contributed by atoms with Crippen molar-refractivity contribution in [2.24, 2.45) is 0 Å². The molecule has 62 valence electrons. The molecule has 1 aromatic carbocycles. The summed E-state index contributed by atoms with van der Waals surface area (Å²) in [6, 6.07) is 4.24. The molecule has 1 nitrogen and oxygen atoms in total. The first-order valence-corrected chi connectivity index (χ1v) is 4.18. The molecule has 0 N–H and O–H groups in total. The molecule has 0 bridgehead atoms. The van der Waals surface area contributed by atoms with E-state index in [1.807, 2.05) is 0 Å². The molecule has 0 fully saturated rings. The molecule has 12 heavy (non-hydrogen) atoms. The molecule has 0 radical (unpaired) electrons. The fraction of sp³-hybridized carbons (Fsp3) is 0.273. The molecule has 0 spiro atoms. The minimum Gasteiger partial charge on any atom is -0.489 e. The number of ether oxygens (including phenoxy) is 1. The molecule has 0 aliphatic carbocycles. The molecule has 1 heterocycles. The van der Waals surface area contributed by atoms with E-state index in [-0.39, 0.29) is 0 Å². The Balaban J connectivity index is 2.67. The van der Waals surface area contributed by atoms with Gasteiger partial charge in [-0.25, -0.2) is 0 Å². The van der Waals surface area contributed by atoms with Gasteiger partial charge in [0, 0.05) is 5.56 Å². The van der Waals surface area contributed by atoms with Gasteiger partial charge < -0.3 is 4.74 Å². The first-order valence-electron chi connectivity index (χ1n) is 4.18. The Kier molecular flexibility index (Phi) is 1.65. The van der Waals surface area contributed by atoms with Gasteiger partial charge in [-0.3, -0.25) is 0 Å². The molecule has 1 aliphatic heterocycles. The SMILES string of the molecule is Cc1ccc(C)c2c1C=CCO2. The van der Waals surface area contributed by atoms with Gasteiger partial charge in [-0.05, 0) is 31.1 Å². The lowest BCUT2D eigenvalue weighted by molar-refractivity contribution is 0.355. The monoisotopic (exact) mass is 160 g/mol. The largest absolute Gasteiger partial charge is 0.489 e. The van der Waals surface area contributed by atoms with Crippen LogP contribution in [-0.2, 0) is 0 Å². The molecular weight excluding hydrogens is 148 g/mol. The van der Waals surface area contributed by atoms with Crippen molar-refractivity contribution >= 4 is 6.08 Å². The van der Waals surface area contributed by atoms with E-state index >= 15 is 0 Å². The Morgan fingerprint density at radius 2 is 1.92 bits per heavy atom. The summed E-state index contributed by atoms with van der Waals surface area (Å²) < 4.78 is 5.55. The summed E-state index contributed by atoms with van der Waals surface area (Å²) in [4.78, 5) is 0. The Morgan fingerprint density at radius 3 is 2.67 bits per heavy atom. The minimum atomic E-state index is 0.706. The third-order valence-corrected chi connectivity index (χ3v) is 2.22. The van der Waals surface area contributed by atoms with Crippen molar-refractivity contribution in [1.29, 1.82) is 0 Å². The Morgan fingerprint density at radius 1 is 1.17 bits per heavy atom. The maximum absolute atomic E-state index is 5.55. The van der Waals surface area contributed by atoms with Crippen LogP contribution in [0.1, 0.15) is 16.7 Å². The number of hydrogen-bond donors (Lipinski definition) is 0. The highest BCUT2D eigenvalue weighted by molar-refractivity contribution is 5.64. The third-order valence-electron chi connectivity index (χ3n) is 2.22. The fourth-order valence-electron chi connectivity index (χ4n) is 1.50. The van der Waals surface area contributed by atoms with Crippen LogP contribution in [0.4, 0.5) is 0 Å². The molecule has 1 heteroatoms. The van der Waals surface area contributed by atoms with Crippen LogP contribution in [0.25, 0.3) is 6.08 Å². The second-order valence-corrected chi connectivity index (χ2v) is 3.16. The van der Waals surface area contributed by atoms with Gasteiger partial charge in [0.05, 0.1) is 0 Å². The number of hydrogen-bond acceptors (Lipinski definition) is 1. The lowest BCUT2D eigenvalue weighted by Gasteiger charge is -2.16. The van der Waals surface area contributed by atoms with Crippen LogP contribution in [0.3, 0.4) is 0 Å². The maximum atomic E-state index is 5.55. The smallest absolute Gasteiger partial charge is 0.130 e. The molecule has 1 aromatic rings. The quantitative estimate of drug-likeness (QED) is 0.567. The van der Waals surface area contributed by atoms with Gasteiger partial charge >= 0.3 is 0 Å². The van der Waals surface area contributed by atoms with Crippen LogP contribution in [-0.4, -0.2) is 6.61 Å². The van der Waals surface area contributed by atoms with Crippen molar-refractivity contribution in [3.63, 3.8) is 0 Å². The highest BCUT2D eigenvalue weighted by Crippen LogP contribution is 2.29. The molecule has 1 aliphatic rings. The van der Waals surface area contributed by atoms with E-state index in [9.17, 15) is 0 Å². The molecule has 0 atom stereocenters. The van der Waals surface area contributed by atoms with E-state index in [1.54, 1.807) is 0 Å². The van der Waals surface area contributed by atoms with Crippen molar-refractivity contribution in [3.05, 3.63) is 34.9 Å². The lowest BCUT2D eigenvalue weighted by Crippen LogP contribution is -2.03. The zero-order chi connectivity index (χ0) is 8.55. The van der Waals surface area contributed by atoms with E-state index < -0.39 is 0 Å². The van der Waals surface area contributed by atoms with Gasteiger partial charge in [0.15, 0.2) is 0 Å². The van der Waals surface area contributed by atoms with Crippen LogP contribution in [0.15, 0.2) is 18.2 Å². The van der Waals surface area contributed by atoms with Crippen molar-refractivity contribution in [2.75, 3.05) is 6.61 Å². The summed E-state index contributed by atoms with van der Waals surface area (Å²) in [7, 11) is 0. The first-order chi connectivity index (χ1) is 5.79. The minimum absolute atomic E-state index is 0.706. The highest BCUT2D eigenvalue weighted by Gasteiger charge is 2.09. The summed E-state index contributed by atoms with van der Waals surface area (Å²) in [6.07, 6.45) is 4.19. The van der Waals surface area contributed by atoms with Crippen LogP contribution in [0, 0.1) is 13.8 Å². The highest BCUT2D eigenvalue weighted by atomic mass is 16.5. The van der Waals surface area contributed by atoms with Crippen LogP contribution < -0.4 is 4.74 Å². The van der Waals surface area contributed by atoms with Gasteiger partial charge in [0.2, 0.25) is 0 Å². The molecule has 0 aromatic heterocycles. The van der Waals surface area contributed by atoms with Crippen molar-refractivity contribution in [1.82, 2.24) is 0 Å². The van der Waals surface area contributed by atoms with Crippen LogP contribution in [0.2, 0.25) is 0 Å². The third kappa shape index (κ3) is 1.02. The van der Waals surface area contributed by atoms with Crippen LogP contribution in [0.5, 0.6) is 5.75 Å². The summed E-state index contributed by atoms with van der Waals surface area (Å²) in [5.41, 5.74) is 3.74. The average Bonchev–Trinajstić information content (AvgIpc) is 2.12. The predicted octanol–water partition coefficient (Wildman–Crippen LogP) is 2.71. The Hall–Kier alpha value is -1.24. The number of rotatable bonds is 0. The fourth-order valence-corrected chi connectivity index (χ4v) is 1.50. The Bertz CT molecular complexity index is 337. The van der Waals surface area contributed by atoms with E-state index in [4.69, 9.17) is 4.74 Å². The maximum Gasteiger partial charge on any atom is 0.130 e. The summed E-state index contributed by atoms with van der Waals surface area (Å²) >= 11 is 0. The van der Waals surface area contributed by atoms with E-state index in [2.05, 4.69) is 38.1 Å². The van der Waals surface area contributed by atoms with Gasteiger partial charge in [-0.15, -0.1) is 0 Å². The molecule has 0 amide bonds. The standard InChI is InChI=1S/C11H12O/c1-8-5-6-9(2)11-10(8)4-3-7-12-11/h3-6H,7H2,1-2H3. The summed E-state index contributed by atoms with van der Waals surface area (Å²) in [5.74, 6) is 1.05. The average molecular weight is 160 g/mol.